The van der Waals surface area contributed by atoms with Gasteiger partial charge in [-0.25, -0.2) is 13.6 Å². The van der Waals surface area contributed by atoms with Crippen LogP contribution in [0.25, 0.3) is 17.2 Å². The molecule has 1 aliphatic heterocycles. The van der Waals surface area contributed by atoms with Crippen molar-refractivity contribution in [3.63, 3.8) is 0 Å². The Kier molecular flexibility index (Phi) is 8.70. The smallest absolute Gasteiger partial charge is 0.341 e. The number of benzene rings is 3. The molecule has 1 heterocycles. The summed E-state index contributed by atoms with van der Waals surface area (Å²) in [5.74, 6) is -2.17. The highest BCUT2D eigenvalue weighted by atomic mass is 19.1. The van der Waals surface area contributed by atoms with Crippen molar-refractivity contribution in [2.24, 2.45) is 11.8 Å². The zero-order valence-electron chi connectivity index (χ0n) is 22.7. The van der Waals surface area contributed by atoms with Crippen molar-refractivity contribution in [2.75, 3.05) is 20.2 Å². The van der Waals surface area contributed by atoms with Gasteiger partial charge in [-0.3, -0.25) is 9.69 Å². The minimum absolute atomic E-state index is 0.0450. The predicted molar refractivity (Wildman–Crippen MR) is 151 cm³/mol. The number of hydrogen-bond acceptors (Lipinski definition) is 4. The van der Waals surface area contributed by atoms with Gasteiger partial charge in [-0.1, -0.05) is 67.1 Å². The fraction of sp³-hybridized carbons (Fsp3) is 0.333. The van der Waals surface area contributed by atoms with E-state index in [1.54, 1.807) is 6.07 Å². The number of esters is 1. The molecule has 0 spiro atoms. The molecule has 40 heavy (non-hydrogen) atoms. The van der Waals surface area contributed by atoms with Crippen LogP contribution in [0, 0.1) is 23.5 Å². The zero-order chi connectivity index (χ0) is 28.1. The third kappa shape index (κ3) is 6.65. The van der Waals surface area contributed by atoms with Crippen molar-refractivity contribution in [3.05, 3.63) is 101 Å². The Bertz CT molecular complexity index is 1400. The van der Waals surface area contributed by atoms with Crippen LogP contribution < -0.4 is 5.32 Å². The first-order chi connectivity index (χ1) is 19.4. The Hall–Kier alpha value is -3.84. The molecule has 1 saturated carbocycles. The van der Waals surface area contributed by atoms with E-state index in [9.17, 15) is 18.4 Å². The summed E-state index contributed by atoms with van der Waals surface area (Å²) in [5, 5.41) is 2.83. The standard InChI is InChI=1S/C33H34F2N2O3/c1-40-33(39)31-27(6-5-7-29(31)34)25-14-15-26(30(35)19-25)20-36-32(38)28-18-24(28)13-12-22-8-10-23(11-9-22)21-37-16-3-2-4-17-37/h5-15,19,24,28H,2-4,16-18,20-21H2,1H3,(H,36,38). The Labute approximate surface area is 233 Å². The molecule has 7 heteroatoms. The number of amides is 1. The maximum atomic E-state index is 14.9. The summed E-state index contributed by atoms with van der Waals surface area (Å²) in [4.78, 5) is 27.2. The SMILES string of the molecule is COC(=O)c1c(F)cccc1-c1ccc(CNC(=O)C2CC2C=Cc2ccc(CN3CCCCC3)cc2)c(F)c1. The number of piperidine rings is 1. The van der Waals surface area contributed by atoms with Crippen LogP contribution in [0.4, 0.5) is 8.78 Å². The summed E-state index contributed by atoms with van der Waals surface area (Å²) in [5.41, 5.74) is 3.09. The van der Waals surface area contributed by atoms with Gasteiger partial charge in [0, 0.05) is 24.6 Å². The second-order valence-electron chi connectivity index (χ2n) is 10.6. The molecule has 2 fully saturated rings. The van der Waals surface area contributed by atoms with Gasteiger partial charge in [-0.2, -0.15) is 0 Å². The van der Waals surface area contributed by atoms with Gasteiger partial charge in [0.2, 0.25) is 5.91 Å². The topological polar surface area (TPSA) is 58.6 Å². The van der Waals surface area contributed by atoms with Crippen molar-refractivity contribution >= 4 is 18.0 Å². The molecule has 3 aromatic carbocycles. The van der Waals surface area contributed by atoms with Crippen LogP contribution in [0.15, 0.2) is 66.7 Å². The lowest BCUT2D eigenvalue weighted by Gasteiger charge is -2.26. The van der Waals surface area contributed by atoms with Gasteiger partial charge in [0.1, 0.15) is 17.2 Å². The summed E-state index contributed by atoms with van der Waals surface area (Å²) in [6.07, 6.45) is 8.82. The number of halogens is 2. The maximum Gasteiger partial charge on any atom is 0.341 e. The number of likely N-dealkylation sites (tertiary alicyclic amines) is 1. The Balaban J connectivity index is 1.13. The molecule has 5 nitrogen and oxygen atoms in total. The molecule has 208 valence electrons. The fourth-order valence-corrected chi connectivity index (χ4v) is 5.32. The molecule has 0 aromatic heterocycles. The van der Waals surface area contributed by atoms with Crippen LogP contribution in [-0.4, -0.2) is 37.0 Å². The number of ether oxygens (including phenoxy) is 1. The number of carbonyl (C=O) groups is 2. The molecule has 2 atom stereocenters. The van der Waals surface area contributed by atoms with Gasteiger partial charge in [-0.15, -0.1) is 0 Å². The van der Waals surface area contributed by atoms with Crippen molar-refractivity contribution in [3.8, 4) is 11.1 Å². The number of methoxy groups -OCH3 is 1. The average Bonchev–Trinajstić information content (AvgIpc) is 3.76. The summed E-state index contributed by atoms with van der Waals surface area (Å²) >= 11 is 0. The van der Waals surface area contributed by atoms with Gasteiger partial charge in [0.25, 0.3) is 0 Å². The number of allylic oxidation sites excluding steroid dienone is 1. The second kappa shape index (κ2) is 12.6. The van der Waals surface area contributed by atoms with Gasteiger partial charge in [-0.05, 0) is 72.7 Å². The Morgan fingerprint density at radius 3 is 2.50 bits per heavy atom. The summed E-state index contributed by atoms with van der Waals surface area (Å²) in [6, 6.07) is 17.1. The molecule has 1 saturated heterocycles. The summed E-state index contributed by atoms with van der Waals surface area (Å²) in [7, 11) is 1.17. The molecule has 1 N–H and O–H groups in total. The van der Waals surface area contributed by atoms with E-state index in [-0.39, 0.29) is 35.4 Å². The highest BCUT2D eigenvalue weighted by Crippen LogP contribution is 2.40. The highest BCUT2D eigenvalue weighted by Gasteiger charge is 2.40. The Morgan fingerprint density at radius 1 is 1.00 bits per heavy atom. The van der Waals surface area contributed by atoms with E-state index >= 15 is 0 Å². The molecule has 0 radical (unpaired) electrons. The van der Waals surface area contributed by atoms with Gasteiger partial charge >= 0.3 is 5.97 Å². The van der Waals surface area contributed by atoms with Crippen LogP contribution >= 0.6 is 0 Å². The molecule has 1 amide bonds. The lowest BCUT2D eigenvalue weighted by Crippen LogP contribution is -2.28. The molecular formula is C33H34F2N2O3. The predicted octanol–water partition coefficient (Wildman–Crippen LogP) is 6.37. The number of nitrogens with zero attached hydrogens (tertiary/aromatic N) is 1. The second-order valence-corrected chi connectivity index (χ2v) is 10.6. The number of rotatable bonds is 9. The molecular weight excluding hydrogens is 510 g/mol. The quantitative estimate of drug-likeness (QED) is 0.318. The van der Waals surface area contributed by atoms with Crippen molar-refractivity contribution in [1.82, 2.24) is 10.2 Å². The van der Waals surface area contributed by atoms with E-state index in [1.165, 1.54) is 69.3 Å². The van der Waals surface area contributed by atoms with Crippen LogP contribution in [0.3, 0.4) is 0 Å². The largest absolute Gasteiger partial charge is 0.465 e. The van der Waals surface area contributed by atoms with E-state index in [2.05, 4.69) is 51.4 Å². The van der Waals surface area contributed by atoms with Crippen molar-refractivity contribution in [1.29, 1.82) is 0 Å². The van der Waals surface area contributed by atoms with E-state index < -0.39 is 17.6 Å². The first-order valence-electron chi connectivity index (χ1n) is 13.9. The van der Waals surface area contributed by atoms with Crippen LogP contribution in [0.2, 0.25) is 0 Å². The molecule has 2 aliphatic rings. The summed E-state index contributed by atoms with van der Waals surface area (Å²) in [6.45, 7) is 3.40. The fourth-order valence-electron chi connectivity index (χ4n) is 5.32. The van der Waals surface area contributed by atoms with Gasteiger partial charge < -0.3 is 10.1 Å². The van der Waals surface area contributed by atoms with Crippen LogP contribution in [0.5, 0.6) is 0 Å². The van der Waals surface area contributed by atoms with Gasteiger partial charge in [0.05, 0.1) is 7.11 Å². The highest BCUT2D eigenvalue weighted by molar-refractivity contribution is 5.97. The van der Waals surface area contributed by atoms with Crippen molar-refractivity contribution in [2.45, 2.75) is 38.8 Å². The monoisotopic (exact) mass is 544 g/mol. The average molecular weight is 545 g/mol. The van der Waals surface area contributed by atoms with E-state index in [0.29, 0.717) is 11.1 Å². The third-order valence-corrected chi connectivity index (χ3v) is 7.77. The Morgan fingerprint density at radius 2 is 1.77 bits per heavy atom. The summed E-state index contributed by atoms with van der Waals surface area (Å²) < 4.78 is 33.8. The van der Waals surface area contributed by atoms with Gasteiger partial charge in [0.15, 0.2) is 0 Å². The lowest BCUT2D eigenvalue weighted by molar-refractivity contribution is -0.122. The lowest BCUT2D eigenvalue weighted by atomic mass is 9.98. The van der Waals surface area contributed by atoms with E-state index in [1.807, 2.05) is 0 Å². The molecule has 5 rings (SSSR count). The number of carbonyl (C=O) groups excluding carboxylic acids is 2. The minimum Gasteiger partial charge on any atom is -0.465 e. The molecule has 1 aliphatic carbocycles. The third-order valence-electron chi connectivity index (χ3n) is 7.77. The van der Waals surface area contributed by atoms with E-state index in [0.717, 1.165) is 24.6 Å². The first kappa shape index (κ1) is 27.7. The maximum absolute atomic E-state index is 14.9. The zero-order valence-corrected chi connectivity index (χ0v) is 22.7. The normalized spacial score (nSPS) is 19.0. The van der Waals surface area contributed by atoms with E-state index in [4.69, 9.17) is 0 Å². The minimum atomic E-state index is -0.831. The van der Waals surface area contributed by atoms with Crippen LogP contribution in [0.1, 0.15) is 52.7 Å². The number of hydrogen-bond donors (Lipinski definition) is 1. The van der Waals surface area contributed by atoms with Crippen LogP contribution in [-0.2, 0) is 22.6 Å². The molecule has 2 unspecified atom stereocenters. The van der Waals surface area contributed by atoms with Crippen molar-refractivity contribution < 1.29 is 23.1 Å². The number of nitrogens with one attached hydrogen (secondary N) is 1. The molecule has 3 aromatic rings. The first-order valence-corrected chi connectivity index (χ1v) is 13.9. The molecule has 0 bridgehead atoms.